The minimum Gasteiger partial charge on any atom is -0.318 e. The van der Waals surface area contributed by atoms with Gasteiger partial charge in [-0.05, 0) is 6.07 Å². The molecule has 0 spiro atoms. The van der Waals surface area contributed by atoms with E-state index in [9.17, 15) is 21.6 Å². The minimum atomic E-state index is -4.72. The number of sulfone groups is 1. The number of hydrogen-bond donors (Lipinski definition) is 0. The average Bonchev–Trinajstić information content (AvgIpc) is 2.94. The molecule has 0 saturated heterocycles. The van der Waals surface area contributed by atoms with Gasteiger partial charge in [-0.3, -0.25) is 4.98 Å². The maximum absolute atomic E-state index is 13.5. The van der Waals surface area contributed by atoms with Crippen LogP contribution in [-0.2, 0) is 23.1 Å². The Morgan fingerprint density at radius 2 is 1.92 bits per heavy atom. The zero-order valence-electron chi connectivity index (χ0n) is 13.2. The molecule has 0 N–H and O–H groups in total. The molecule has 3 aromatic heterocycles. The molecule has 3 heterocycles. The third-order valence-corrected chi connectivity index (χ3v) is 5.56. The van der Waals surface area contributed by atoms with Gasteiger partial charge in [-0.25, -0.2) is 18.4 Å². The first-order valence-electron chi connectivity index (χ1n) is 7.21. The van der Waals surface area contributed by atoms with Gasteiger partial charge in [0.1, 0.15) is 5.52 Å². The molecule has 0 fully saturated rings. The monoisotopic (exact) mass is 370 g/mol. The van der Waals surface area contributed by atoms with Crippen LogP contribution in [0.1, 0.15) is 12.5 Å². The van der Waals surface area contributed by atoms with Gasteiger partial charge in [0, 0.05) is 36.8 Å². The highest BCUT2D eigenvalue weighted by Gasteiger charge is 2.37. The maximum Gasteiger partial charge on any atom is 0.418 e. The zero-order chi connectivity index (χ0) is 18.4. The number of pyridine rings is 2. The second-order valence-electron chi connectivity index (χ2n) is 5.35. The quantitative estimate of drug-likeness (QED) is 0.708. The molecular formula is C15H13F3N4O2S. The maximum atomic E-state index is 13.5. The van der Waals surface area contributed by atoms with Crippen LogP contribution in [0.3, 0.4) is 0 Å². The Balaban J connectivity index is 2.48. The number of fused-ring (bicyclic) bond motifs is 1. The molecule has 0 saturated carbocycles. The lowest BCUT2D eigenvalue weighted by molar-refractivity contribution is -0.137. The second kappa shape index (κ2) is 5.80. The molecule has 6 nitrogen and oxygen atoms in total. The van der Waals surface area contributed by atoms with Crippen molar-refractivity contribution in [2.75, 3.05) is 5.75 Å². The van der Waals surface area contributed by atoms with Crippen LogP contribution in [-0.4, -0.2) is 33.7 Å². The fourth-order valence-corrected chi connectivity index (χ4v) is 3.59. The van der Waals surface area contributed by atoms with Crippen molar-refractivity contribution in [3.8, 4) is 11.1 Å². The molecule has 0 radical (unpaired) electrons. The first-order chi connectivity index (χ1) is 11.7. The molecule has 10 heteroatoms. The van der Waals surface area contributed by atoms with Gasteiger partial charge in [-0.15, -0.1) is 0 Å². The normalized spacial score (nSPS) is 12.7. The molecule has 132 valence electrons. The van der Waals surface area contributed by atoms with E-state index in [1.165, 1.54) is 30.1 Å². The Hall–Kier alpha value is -2.49. The van der Waals surface area contributed by atoms with E-state index < -0.39 is 21.6 Å². The van der Waals surface area contributed by atoms with Crippen LogP contribution in [0.25, 0.3) is 22.3 Å². The Labute approximate surface area is 141 Å². The van der Waals surface area contributed by atoms with Crippen molar-refractivity contribution in [3.05, 3.63) is 36.5 Å². The van der Waals surface area contributed by atoms with Gasteiger partial charge >= 0.3 is 6.18 Å². The van der Waals surface area contributed by atoms with E-state index in [4.69, 9.17) is 0 Å². The molecule has 3 aromatic rings. The lowest BCUT2D eigenvalue weighted by atomic mass is 10.0. The topological polar surface area (TPSA) is 77.7 Å². The summed E-state index contributed by atoms with van der Waals surface area (Å²) >= 11 is 0. The zero-order valence-corrected chi connectivity index (χ0v) is 14.1. The van der Waals surface area contributed by atoms with Gasteiger partial charge < -0.3 is 4.57 Å². The summed E-state index contributed by atoms with van der Waals surface area (Å²) in [6, 6.07) is 1.25. The van der Waals surface area contributed by atoms with E-state index in [1.54, 1.807) is 7.05 Å². The summed E-state index contributed by atoms with van der Waals surface area (Å²) in [6.07, 6.45) is -0.383. The number of rotatable bonds is 3. The summed E-state index contributed by atoms with van der Waals surface area (Å²) in [5.41, 5.74) is -1.24. The third-order valence-electron chi connectivity index (χ3n) is 3.80. The lowest BCUT2D eigenvalue weighted by Crippen LogP contribution is -2.12. The number of nitrogens with zero attached hydrogens (tertiary/aromatic N) is 4. The van der Waals surface area contributed by atoms with E-state index >= 15 is 0 Å². The molecule has 0 aliphatic heterocycles. The van der Waals surface area contributed by atoms with Gasteiger partial charge in [0.25, 0.3) is 0 Å². The van der Waals surface area contributed by atoms with Crippen LogP contribution < -0.4 is 0 Å². The summed E-state index contributed by atoms with van der Waals surface area (Å²) in [5.74, 6) is -0.260. The summed E-state index contributed by atoms with van der Waals surface area (Å²) in [7, 11) is -2.19. The van der Waals surface area contributed by atoms with Crippen LogP contribution in [0.2, 0.25) is 0 Å². The predicted molar refractivity (Wildman–Crippen MR) is 84.5 cm³/mol. The van der Waals surface area contributed by atoms with Crippen LogP contribution >= 0.6 is 0 Å². The standard InChI is InChI=1S/C15H13F3N4O2S/c1-3-25(23,24)11-7-19-5-4-9(11)12-10(15(16,17)18)6-20-14-13(12)21-8-22(14)2/h4-8H,3H2,1-2H3. The van der Waals surface area contributed by atoms with E-state index in [0.717, 1.165) is 6.20 Å². The number of aromatic nitrogens is 4. The minimum absolute atomic E-state index is 0.0175. The molecule has 25 heavy (non-hydrogen) atoms. The van der Waals surface area contributed by atoms with E-state index in [1.807, 2.05) is 0 Å². The highest BCUT2D eigenvalue weighted by molar-refractivity contribution is 7.91. The van der Waals surface area contributed by atoms with Gasteiger partial charge in [0.05, 0.1) is 22.5 Å². The summed E-state index contributed by atoms with van der Waals surface area (Å²) < 4.78 is 66.8. The van der Waals surface area contributed by atoms with Crippen LogP contribution in [0, 0.1) is 0 Å². The Morgan fingerprint density at radius 1 is 1.20 bits per heavy atom. The summed E-state index contributed by atoms with van der Waals surface area (Å²) in [5, 5.41) is 0. The average molecular weight is 370 g/mol. The molecule has 3 rings (SSSR count). The number of aryl methyl sites for hydroxylation is 1. The van der Waals surface area contributed by atoms with Gasteiger partial charge in [0.2, 0.25) is 0 Å². The first-order valence-corrected chi connectivity index (χ1v) is 8.86. The summed E-state index contributed by atoms with van der Waals surface area (Å²) in [6.45, 7) is 1.42. The number of imidazole rings is 1. The second-order valence-corrected chi connectivity index (χ2v) is 7.59. The molecule has 0 aliphatic rings. The van der Waals surface area contributed by atoms with Crippen molar-refractivity contribution in [1.82, 2.24) is 19.5 Å². The SMILES string of the molecule is CCS(=O)(=O)c1cnccc1-c1c(C(F)(F)F)cnc2c1ncn2C. The molecule has 0 aliphatic carbocycles. The van der Waals surface area contributed by atoms with Crippen molar-refractivity contribution in [2.24, 2.45) is 7.05 Å². The molecule has 0 bridgehead atoms. The van der Waals surface area contributed by atoms with E-state index in [-0.39, 0.29) is 32.9 Å². The fourth-order valence-electron chi connectivity index (χ4n) is 2.55. The lowest BCUT2D eigenvalue weighted by Gasteiger charge is -2.15. The van der Waals surface area contributed by atoms with E-state index in [2.05, 4.69) is 15.0 Å². The van der Waals surface area contributed by atoms with Crippen LogP contribution in [0.15, 0.2) is 35.9 Å². The highest BCUT2D eigenvalue weighted by Crippen LogP contribution is 2.41. The van der Waals surface area contributed by atoms with Gasteiger partial charge in [-0.1, -0.05) is 6.92 Å². The molecule has 0 amide bonds. The van der Waals surface area contributed by atoms with Crippen molar-refractivity contribution in [3.63, 3.8) is 0 Å². The highest BCUT2D eigenvalue weighted by atomic mass is 32.2. The summed E-state index contributed by atoms with van der Waals surface area (Å²) in [4.78, 5) is 11.3. The third kappa shape index (κ3) is 2.86. The smallest absolute Gasteiger partial charge is 0.318 e. The number of hydrogen-bond acceptors (Lipinski definition) is 5. The molecule has 0 aromatic carbocycles. The van der Waals surface area contributed by atoms with Crippen molar-refractivity contribution in [1.29, 1.82) is 0 Å². The number of halogens is 3. The van der Waals surface area contributed by atoms with Crippen molar-refractivity contribution >= 4 is 21.0 Å². The van der Waals surface area contributed by atoms with Crippen molar-refractivity contribution < 1.29 is 21.6 Å². The Bertz CT molecular complexity index is 1060. The van der Waals surface area contributed by atoms with E-state index in [0.29, 0.717) is 6.20 Å². The molecular weight excluding hydrogens is 357 g/mol. The first kappa shape index (κ1) is 17.3. The van der Waals surface area contributed by atoms with Crippen LogP contribution in [0.4, 0.5) is 13.2 Å². The van der Waals surface area contributed by atoms with Crippen molar-refractivity contribution in [2.45, 2.75) is 18.0 Å². The van der Waals surface area contributed by atoms with Gasteiger partial charge in [0.15, 0.2) is 15.5 Å². The fraction of sp³-hybridized carbons (Fsp3) is 0.267. The predicted octanol–water partition coefficient (Wildman–Crippen LogP) is 2.84. The Morgan fingerprint density at radius 3 is 2.56 bits per heavy atom. The van der Waals surface area contributed by atoms with Crippen LogP contribution in [0.5, 0.6) is 0 Å². The molecule has 0 unspecified atom stereocenters. The number of alkyl halides is 3. The Kier molecular flexibility index (Phi) is 4.02. The largest absolute Gasteiger partial charge is 0.418 e. The van der Waals surface area contributed by atoms with Gasteiger partial charge in [-0.2, -0.15) is 13.2 Å². The molecule has 0 atom stereocenters.